The van der Waals surface area contributed by atoms with E-state index in [4.69, 9.17) is 20.9 Å². The molecule has 2 nitrogen and oxygen atoms in total. The summed E-state index contributed by atoms with van der Waals surface area (Å²) in [7, 11) is 0. The van der Waals surface area contributed by atoms with Gasteiger partial charge in [0.25, 0.3) is 0 Å². The van der Waals surface area contributed by atoms with Crippen LogP contribution in [0.2, 0.25) is 0 Å². The highest BCUT2D eigenvalue weighted by Gasteiger charge is 2.19. The van der Waals surface area contributed by atoms with E-state index < -0.39 is 5.69 Å². The van der Waals surface area contributed by atoms with E-state index in [-0.39, 0.29) is 12.2 Å². The summed E-state index contributed by atoms with van der Waals surface area (Å²) in [5.41, 5.74) is -2.34. The van der Waals surface area contributed by atoms with E-state index in [0.29, 0.717) is 0 Å². The maximum absolute atomic E-state index is 5.66. The van der Waals surface area contributed by atoms with Crippen LogP contribution in [0.3, 0.4) is 0 Å². The van der Waals surface area contributed by atoms with Gasteiger partial charge in [0, 0.05) is 0 Å². The molecule has 0 heterocycles. The van der Waals surface area contributed by atoms with E-state index in [1.54, 1.807) is 0 Å². The minimum atomic E-state index is -2.34. The molecule has 0 spiro atoms. The predicted octanol–water partition coefficient (Wildman–Crippen LogP) is 4.55. The molecule has 2 atom stereocenters. The Bertz CT molecular complexity index is 194. The van der Waals surface area contributed by atoms with Crippen molar-refractivity contribution in [3.05, 3.63) is 0 Å². The van der Waals surface area contributed by atoms with E-state index in [9.17, 15) is 0 Å². The lowest BCUT2D eigenvalue weighted by Crippen LogP contribution is -2.09. The molecule has 0 rings (SSSR count). The normalized spacial score (nSPS) is 19.5. The molecule has 0 aliphatic carbocycles. The third kappa shape index (κ3) is 8.70. The van der Waals surface area contributed by atoms with Crippen LogP contribution in [-0.4, -0.2) is 12.2 Å². The van der Waals surface area contributed by atoms with Crippen molar-refractivity contribution in [1.82, 2.24) is 0 Å². The van der Waals surface area contributed by atoms with Gasteiger partial charge in [-0.05, 0) is 38.5 Å². The summed E-state index contributed by atoms with van der Waals surface area (Å²) in [5.74, 6) is 0. The summed E-state index contributed by atoms with van der Waals surface area (Å²) in [6.07, 6.45) is 4.48. The Hall–Kier alpha value is 0.920. The first-order valence-corrected chi connectivity index (χ1v) is 9.40. The third-order valence-electron chi connectivity index (χ3n) is 2.02. The van der Waals surface area contributed by atoms with Crippen LogP contribution >= 0.6 is 17.9 Å². The summed E-state index contributed by atoms with van der Waals surface area (Å²) >= 11 is 9.59. The van der Waals surface area contributed by atoms with Gasteiger partial charge < -0.3 is 9.05 Å². The van der Waals surface area contributed by atoms with Crippen LogP contribution < -0.4 is 0 Å². The van der Waals surface area contributed by atoms with Gasteiger partial charge in [0.1, 0.15) is 0 Å². The molecule has 2 unspecified atom stereocenters. The number of hydrogen-bond donors (Lipinski definition) is 1. The quantitative estimate of drug-likeness (QED) is 0.515. The molecule has 0 aliphatic heterocycles. The van der Waals surface area contributed by atoms with Gasteiger partial charge in [-0.1, -0.05) is 38.9 Å². The van der Waals surface area contributed by atoms with Gasteiger partial charge in [-0.3, -0.25) is 0 Å². The SMILES string of the molecule is CCCC(C)OP(=S)(S)OC(C)CCC. The highest BCUT2D eigenvalue weighted by atomic mass is 32.9. The van der Waals surface area contributed by atoms with Crippen molar-refractivity contribution in [2.24, 2.45) is 0 Å². The maximum Gasteiger partial charge on any atom is 0.244 e. The van der Waals surface area contributed by atoms with E-state index in [0.717, 1.165) is 25.7 Å². The number of hydrogen-bond acceptors (Lipinski definition) is 3. The minimum Gasteiger partial charge on any atom is -0.319 e. The fraction of sp³-hybridized carbons (Fsp3) is 1.00. The van der Waals surface area contributed by atoms with Gasteiger partial charge in [0.15, 0.2) is 0 Å². The molecule has 0 bridgehead atoms. The molecular weight excluding hydrogens is 247 g/mol. The first-order chi connectivity index (χ1) is 6.91. The van der Waals surface area contributed by atoms with Crippen LogP contribution in [0.5, 0.6) is 0 Å². The lowest BCUT2D eigenvalue weighted by molar-refractivity contribution is 0.157. The van der Waals surface area contributed by atoms with Crippen molar-refractivity contribution in [1.29, 1.82) is 0 Å². The fourth-order valence-corrected chi connectivity index (χ4v) is 4.42. The Morgan fingerprint density at radius 3 is 1.67 bits per heavy atom. The van der Waals surface area contributed by atoms with Gasteiger partial charge in [-0.25, -0.2) is 0 Å². The second kappa shape index (κ2) is 8.08. The average molecular weight is 270 g/mol. The minimum absolute atomic E-state index is 0.146. The summed E-state index contributed by atoms with van der Waals surface area (Å²) in [6, 6.07) is 0. The first-order valence-electron chi connectivity index (χ1n) is 5.60. The van der Waals surface area contributed by atoms with Crippen molar-refractivity contribution in [3.8, 4) is 0 Å². The maximum atomic E-state index is 5.66. The molecule has 5 heteroatoms. The summed E-state index contributed by atoms with van der Waals surface area (Å²) in [5, 5.41) is 0. The smallest absolute Gasteiger partial charge is 0.244 e. The Morgan fingerprint density at radius 2 is 1.40 bits per heavy atom. The van der Waals surface area contributed by atoms with E-state index >= 15 is 0 Å². The second-order valence-electron chi connectivity index (χ2n) is 3.88. The van der Waals surface area contributed by atoms with Gasteiger partial charge >= 0.3 is 0 Å². The molecule has 0 radical (unpaired) electrons. The van der Waals surface area contributed by atoms with Gasteiger partial charge in [0.2, 0.25) is 5.69 Å². The van der Waals surface area contributed by atoms with Crippen molar-refractivity contribution < 1.29 is 9.05 Å². The van der Waals surface area contributed by atoms with Gasteiger partial charge in [0.05, 0.1) is 12.2 Å². The van der Waals surface area contributed by atoms with Crippen molar-refractivity contribution >= 4 is 29.7 Å². The predicted molar refractivity (Wildman–Crippen MR) is 74.2 cm³/mol. The van der Waals surface area contributed by atoms with Crippen LogP contribution in [-0.2, 0) is 20.9 Å². The van der Waals surface area contributed by atoms with Crippen LogP contribution in [0.1, 0.15) is 53.4 Å². The third-order valence-corrected chi connectivity index (χ3v) is 4.35. The van der Waals surface area contributed by atoms with Gasteiger partial charge in [-0.2, -0.15) is 0 Å². The molecule has 0 saturated carbocycles. The molecule has 0 N–H and O–H groups in total. The van der Waals surface area contributed by atoms with E-state index in [1.165, 1.54) is 0 Å². The molecule has 0 fully saturated rings. The van der Waals surface area contributed by atoms with Crippen molar-refractivity contribution in [2.45, 2.75) is 65.6 Å². The zero-order valence-electron chi connectivity index (χ0n) is 10.1. The van der Waals surface area contributed by atoms with E-state index in [1.807, 2.05) is 13.8 Å². The van der Waals surface area contributed by atoms with Crippen LogP contribution in [0.4, 0.5) is 0 Å². The number of thiol groups is 1. The molecule has 0 aromatic heterocycles. The monoisotopic (exact) mass is 270 g/mol. The summed E-state index contributed by atoms with van der Waals surface area (Å²) in [4.78, 5) is 0. The molecular formula is C10H23O2PS2. The summed E-state index contributed by atoms with van der Waals surface area (Å²) in [6.45, 7) is 8.30. The second-order valence-corrected chi connectivity index (χ2v) is 9.07. The van der Waals surface area contributed by atoms with Gasteiger partial charge in [-0.15, -0.1) is 0 Å². The average Bonchev–Trinajstić information content (AvgIpc) is 2.01. The Morgan fingerprint density at radius 1 is 1.07 bits per heavy atom. The zero-order valence-corrected chi connectivity index (χ0v) is 12.7. The molecule has 0 saturated heterocycles. The standard InChI is InChI=1S/C10H23O2PS2/c1-5-7-9(3)11-13(14,15)12-10(4)8-6-2/h9-10H,5-8H2,1-4H3,(H,14,15). The molecule has 92 valence electrons. The lowest BCUT2D eigenvalue weighted by Gasteiger charge is -2.24. The number of rotatable bonds is 8. The van der Waals surface area contributed by atoms with Crippen molar-refractivity contribution in [3.63, 3.8) is 0 Å². The molecule has 0 aliphatic rings. The Labute approximate surface area is 104 Å². The highest BCUT2D eigenvalue weighted by molar-refractivity contribution is 8.60. The summed E-state index contributed by atoms with van der Waals surface area (Å²) < 4.78 is 11.3. The van der Waals surface area contributed by atoms with Crippen LogP contribution in [0.15, 0.2) is 0 Å². The Kier molecular flexibility index (Phi) is 8.57. The van der Waals surface area contributed by atoms with Crippen LogP contribution in [0.25, 0.3) is 0 Å². The molecule has 15 heavy (non-hydrogen) atoms. The highest BCUT2D eigenvalue weighted by Crippen LogP contribution is 2.55. The molecule has 0 aromatic carbocycles. The topological polar surface area (TPSA) is 18.5 Å². The Balaban J connectivity index is 4.00. The van der Waals surface area contributed by atoms with Crippen molar-refractivity contribution in [2.75, 3.05) is 0 Å². The fourth-order valence-electron chi connectivity index (χ4n) is 1.40. The lowest BCUT2D eigenvalue weighted by atomic mass is 10.2. The van der Waals surface area contributed by atoms with E-state index in [2.05, 4.69) is 26.1 Å². The molecule has 0 aromatic rings. The molecule has 0 amide bonds. The zero-order chi connectivity index (χ0) is 11.9. The first kappa shape index (κ1) is 15.9. The van der Waals surface area contributed by atoms with Crippen LogP contribution in [0, 0.1) is 0 Å². The largest absolute Gasteiger partial charge is 0.319 e.